The van der Waals surface area contributed by atoms with Crippen molar-refractivity contribution in [2.45, 2.75) is 89.6 Å². The SMILES string of the molecule is CCCC(CCC)SSC.CCCC(S)CCC. The van der Waals surface area contributed by atoms with E-state index in [1.165, 1.54) is 51.4 Å². The van der Waals surface area contributed by atoms with Crippen LogP contribution in [0.3, 0.4) is 0 Å². The molecule has 0 rings (SSSR count). The van der Waals surface area contributed by atoms with Crippen LogP contribution in [0, 0.1) is 0 Å². The Bertz CT molecular complexity index is 119. The number of hydrogen-bond acceptors (Lipinski definition) is 3. The average Bonchev–Trinajstić information content (AvgIpc) is 2.31. The van der Waals surface area contributed by atoms with Crippen LogP contribution in [-0.2, 0) is 0 Å². The lowest BCUT2D eigenvalue weighted by Crippen LogP contribution is -1.98. The second-order valence-corrected chi connectivity index (χ2v) is 8.19. The topological polar surface area (TPSA) is 0 Å². The van der Waals surface area contributed by atoms with Gasteiger partial charge in [-0.15, -0.1) is 0 Å². The predicted octanol–water partition coefficient (Wildman–Crippen LogP) is 6.85. The second-order valence-electron chi connectivity index (χ2n) is 4.69. The Hall–Kier alpha value is 1.05. The minimum atomic E-state index is 0.657. The molecule has 0 saturated carbocycles. The maximum atomic E-state index is 4.39. The van der Waals surface area contributed by atoms with Gasteiger partial charge in [0, 0.05) is 10.5 Å². The van der Waals surface area contributed by atoms with E-state index in [0.29, 0.717) is 5.25 Å². The minimum absolute atomic E-state index is 0.657. The molecule has 0 unspecified atom stereocenters. The summed E-state index contributed by atoms with van der Waals surface area (Å²) in [6, 6.07) is 0. The fraction of sp³-hybridized carbons (Fsp3) is 1.00. The van der Waals surface area contributed by atoms with E-state index < -0.39 is 0 Å². The summed E-state index contributed by atoms with van der Waals surface area (Å²) in [5.74, 6) is 0. The Morgan fingerprint density at radius 3 is 1.44 bits per heavy atom. The molecule has 0 aliphatic rings. The van der Waals surface area contributed by atoms with E-state index in [9.17, 15) is 0 Å². The van der Waals surface area contributed by atoms with Crippen molar-refractivity contribution in [3.05, 3.63) is 0 Å². The predicted molar refractivity (Wildman–Crippen MR) is 97.3 cm³/mol. The summed E-state index contributed by atoms with van der Waals surface area (Å²) in [7, 11) is 3.95. The molecular weight excluding hydrogens is 276 g/mol. The maximum Gasteiger partial charge on any atom is 0.0151 e. The molecule has 3 heteroatoms. The van der Waals surface area contributed by atoms with Gasteiger partial charge in [-0.3, -0.25) is 0 Å². The van der Waals surface area contributed by atoms with Crippen LogP contribution in [-0.4, -0.2) is 16.8 Å². The molecule has 0 aliphatic heterocycles. The third kappa shape index (κ3) is 17.1. The van der Waals surface area contributed by atoms with Crippen LogP contribution in [0.15, 0.2) is 0 Å². The first-order valence-corrected chi connectivity index (χ1v) is 10.7. The first-order chi connectivity index (χ1) is 8.65. The Kier molecular flexibility index (Phi) is 21.4. The summed E-state index contributed by atoms with van der Waals surface area (Å²) in [6.45, 7) is 8.95. The third-order valence-corrected chi connectivity index (χ3v) is 5.54. The summed E-state index contributed by atoms with van der Waals surface area (Å²) in [4.78, 5) is 0. The third-order valence-electron chi connectivity index (χ3n) is 2.70. The van der Waals surface area contributed by atoms with Crippen molar-refractivity contribution < 1.29 is 0 Å². The second kappa shape index (κ2) is 18.0. The van der Waals surface area contributed by atoms with E-state index in [4.69, 9.17) is 0 Å². The Morgan fingerprint density at radius 2 is 1.17 bits per heavy atom. The van der Waals surface area contributed by atoms with Gasteiger partial charge in [-0.1, -0.05) is 75.0 Å². The summed E-state index contributed by atoms with van der Waals surface area (Å²) in [6.07, 6.45) is 12.7. The molecule has 0 bridgehead atoms. The standard InChI is InChI=1S/C8H18S2.C7H16S/c1-4-6-8(7-5-2)10-9-3;1-3-5-7(8)6-4-2/h8H,4-7H2,1-3H3;7-8H,3-6H2,1-2H3. The number of rotatable bonds is 10. The Balaban J connectivity index is 0. The monoisotopic (exact) mass is 310 g/mol. The molecular formula is C15H34S3. The van der Waals surface area contributed by atoms with Gasteiger partial charge in [0.05, 0.1) is 0 Å². The van der Waals surface area contributed by atoms with Crippen molar-refractivity contribution in [2.24, 2.45) is 0 Å². The lowest BCUT2D eigenvalue weighted by Gasteiger charge is -2.11. The highest BCUT2D eigenvalue weighted by Crippen LogP contribution is 2.29. The van der Waals surface area contributed by atoms with Gasteiger partial charge < -0.3 is 0 Å². The van der Waals surface area contributed by atoms with Gasteiger partial charge >= 0.3 is 0 Å². The van der Waals surface area contributed by atoms with Crippen LogP contribution in [0.4, 0.5) is 0 Å². The highest BCUT2D eigenvalue weighted by molar-refractivity contribution is 8.76. The fourth-order valence-corrected chi connectivity index (χ4v) is 4.68. The molecule has 0 heterocycles. The van der Waals surface area contributed by atoms with Crippen LogP contribution in [0.1, 0.15) is 79.1 Å². The highest BCUT2D eigenvalue weighted by atomic mass is 33.1. The van der Waals surface area contributed by atoms with Gasteiger partial charge in [-0.25, -0.2) is 0 Å². The Labute approximate surface area is 130 Å². The largest absolute Gasteiger partial charge is 0.176 e. The van der Waals surface area contributed by atoms with Crippen molar-refractivity contribution in [3.63, 3.8) is 0 Å². The molecule has 0 saturated heterocycles. The maximum absolute atomic E-state index is 4.39. The zero-order chi connectivity index (χ0) is 14.2. The smallest absolute Gasteiger partial charge is 0.0151 e. The molecule has 0 aromatic heterocycles. The van der Waals surface area contributed by atoms with Gasteiger partial charge in [-0.05, 0) is 31.9 Å². The summed E-state index contributed by atoms with van der Waals surface area (Å²) >= 11 is 4.39. The van der Waals surface area contributed by atoms with Crippen molar-refractivity contribution >= 4 is 34.2 Å². The van der Waals surface area contributed by atoms with Crippen LogP contribution in [0.5, 0.6) is 0 Å². The van der Waals surface area contributed by atoms with Gasteiger partial charge in [-0.2, -0.15) is 12.6 Å². The van der Waals surface area contributed by atoms with Gasteiger partial charge in [0.15, 0.2) is 0 Å². The molecule has 0 radical (unpaired) electrons. The first-order valence-electron chi connectivity index (χ1n) is 7.53. The zero-order valence-electron chi connectivity index (χ0n) is 13.1. The molecule has 0 N–H and O–H groups in total. The number of thiol groups is 1. The Morgan fingerprint density at radius 1 is 0.778 bits per heavy atom. The van der Waals surface area contributed by atoms with Gasteiger partial charge in [0.1, 0.15) is 0 Å². The van der Waals surface area contributed by atoms with Crippen LogP contribution in [0.2, 0.25) is 0 Å². The molecule has 0 fully saturated rings. The number of hydrogen-bond donors (Lipinski definition) is 1. The van der Waals surface area contributed by atoms with Crippen LogP contribution in [0.25, 0.3) is 0 Å². The van der Waals surface area contributed by atoms with E-state index in [0.717, 1.165) is 5.25 Å². The van der Waals surface area contributed by atoms with Crippen molar-refractivity contribution in [3.8, 4) is 0 Å². The minimum Gasteiger partial charge on any atom is -0.176 e. The van der Waals surface area contributed by atoms with E-state index in [-0.39, 0.29) is 0 Å². The van der Waals surface area contributed by atoms with E-state index >= 15 is 0 Å². The highest BCUT2D eigenvalue weighted by Gasteiger charge is 2.04. The summed E-state index contributed by atoms with van der Waals surface area (Å²) in [5, 5.41) is 1.56. The molecule has 0 atom stereocenters. The molecule has 0 nitrogen and oxygen atoms in total. The van der Waals surface area contributed by atoms with E-state index in [1.54, 1.807) is 0 Å². The molecule has 0 amide bonds. The molecule has 0 spiro atoms. The van der Waals surface area contributed by atoms with Crippen molar-refractivity contribution in [2.75, 3.05) is 6.26 Å². The average molecular weight is 311 g/mol. The fourth-order valence-electron chi connectivity index (χ4n) is 1.83. The normalized spacial score (nSPS) is 10.7. The molecule has 0 aliphatic carbocycles. The van der Waals surface area contributed by atoms with Crippen LogP contribution < -0.4 is 0 Å². The lowest BCUT2D eigenvalue weighted by atomic mass is 10.2. The van der Waals surface area contributed by atoms with Gasteiger partial charge in [0.25, 0.3) is 0 Å². The van der Waals surface area contributed by atoms with E-state index in [2.05, 4.69) is 46.6 Å². The van der Waals surface area contributed by atoms with Crippen LogP contribution >= 0.6 is 34.2 Å². The van der Waals surface area contributed by atoms with Gasteiger partial charge in [0.2, 0.25) is 0 Å². The summed E-state index contributed by atoms with van der Waals surface area (Å²) < 4.78 is 0. The molecule has 0 aromatic rings. The van der Waals surface area contributed by atoms with Crippen molar-refractivity contribution in [1.29, 1.82) is 0 Å². The van der Waals surface area contributed by atoms with Crippen molar-refractivity contribution in [1.82, 2.24) is 0 Å². The first kappa shape index (κ1) is 21.4. The van der Waals surface area contributed by atoms with E-state index in [1.807, 2.05) is 21.6 Å². The zero-order valence-corrected chi connectivity index (χ0v) is 15.6. The molecule has 18 heavy (non-hydrogen) atoms. The summed E-state index contributed by atoms with van der Waals surface area (Å²) in [5.41, 5.74) is 0. The quantitative estimate of drug-likeness (QED) is 0.346. The molecule has 0 aromatic carbocycles. The molecule has 112 valence electrons. The lowest BCUT2D eigenvalue weighted by molar-refractivity contribution is 0.676.